The number of hydrogen-bond donors (Lipinski definition) is 1. The van der Waals surface area contributed by atoms with E-state index in [1.54, 1.807) is 17.7 Å². The van der Waals surface area contributed by atoms with Crippen LogP contribution in [0.3, 0.4) is 0 Å². The van der Waals surface area contributed by atoms with Gasteiger partial charge in [-0.25, -0.2) is 9.78 Å². The van der Waals surface area contributed by atoms with Crippen LogP contribution in [0.2, 0.25) is 0 Å². The number of piperidine rings is 1. The van der Waals surface area contributed by atoms with Crippen molar-refractivity contribution in [2.45, 2.75) is 18.9 Å². The molecule has 0 saturated carbocycles. The number of hydrogen-bond acceptors (Lipinski definition) is 4. The number of imidazole rings is 1. The van der Waals surface area contributed by atoms with Crippen molar-refractivity contribution in [3.05, 3.63) is 30.1 Å². The van der Waals surface area contributed by atoms with Crippen LogP contribution in [0.1, 0.15) is 23.3 Å². The van der Waals surface area contributed by atoms with Gasteiger partial charge in [-0.3, -0.25) is 4.40 Å². The summed E-state index contributed by atoms with van der Waals surface area (Å²) >= 11 is 0. The lowest BCUT2D eigenvalue weighted by atomic mass is 10.1. The molecule has 0 amide bonds. The Morgan fingerprint density at radius 2 is 2.15 bits per heavy atom. The molecule has 3 heterocycles. The van der Waals surface area contributed by atoms with Crippen molar-refractivity contribution in [2.75, 3.05) is 25.1 Å². The third-order valence-corrected chi connectivity index (χ3v) is 3.79. The molecule has 6 heteroatoms. The van der Waals surface area contributed by atoms with Gasteiger partial charge in [0.25, 0.3) is 0 Å². The van der Waals surface area contributed by atoms with Crippen LogP contribution >= 0.6 is 0 Å². The van der Waals surface area contributed by atoms with Crippen molar-refractivity contribution in [1.29, 1.82) is 0 Å². The minimum Gasteiger partial charge on any atom is -0.476 e. The number of nitrogens with zero attached hydrogens (tertiary/aromatic N) is 3. The molecule has 1 aliphatic rings. The minimum absolute atomic E-state index is 0.233. The summed E-state index contributed by atoms with van der Waals surface area (Å²) in [6.07, 6.45) is 3.78. The average Bonchev–Trinajstić information content (AvgIpc) is 2.86. The van der Waals surface area contributed by atoms with Gasteiger partial charge in [-0.15, -0.1) is 0 Å². The van der Waals surface area contributed by atoms with Gasteiger partial charge in [-0.1, -0.05) is 6.07 Å². The highest BCUT2D eigenvalue weighted by atomic mass is 16.5. The van der Waals surface area contributed by atoms with Crippen molar-refractivity contribution in [3.8, 4) is 0 Å². The second-order valence-corrected chi connectivity index (χ2v) is 4.94. The Morgan fingerprint density at radius 1 is 1.40 bits per heavy atom. The van der Waals surface area contributed by atoms with Gasteiger partial charge in [0.05, 0.1) is 6.10 Å². The van der Waals surface area contributed by atoms with Crippen LogP contribution in [0, 0.1) is 0 Å². The highest BCUT2D eigenvalue weighted by Gasteiger charge is 2.26. The van der Waals surface area contributed by atoms with Gasteiger partial charge in [-0.2, -0.15) is 0 Å². The summed E-state index contributed by atoms with van der Waals surface area (Å²) in [7, 11) is 1.72. The number of rotatable bonds is 3. The first kappa shape index (κ1) is 12.9. The second kappa shape index (κ2) is 5.13. The van der Waals surface area contributed by atoms with Crippen LogP contribution < -0.4 is 4.90 Å². The van der Waals surface area contributed by atoms with Crippen molar-refractivity contribution in [2.24, 2.45) is 0 Å². The molecule has 3 rings (SSSR count). The number of fused-ring (bicyclic) bond motifs is 1. The van der Waals surface area contributed by atoms with E-state index in [0.717, 1.165) is 25.9 Å². The Morgan fingerprint density at radius 3 is 2.80 bits per heavy atom. The van der Waals surface area contributed by atoms with Crippen LogP contribution in [0.4, 0.5) is 5.82 Å². The fourth-order valence-electron chi connectivity index (χ4n) is 2.71. The summed E-state index contributed by atoms with van der Waals surface area (Å²) in [6, 6.07) is 5.48. The summed E-state index contributed by atoms with van der Waals surface area (Å²) in [5, 5.41) is 9.47. The molecule has 2 aromatic heterocycles. The third-order valence-electron chi connectivity index (χ3n) is 3.79. The molecular weight excluding hydrogens is 258 g/mol. The molecule has 106 valence electrons. The predicted octanol–water partition coefficient (Wildman–Crippen LogP) is 1.65. The van der Waals surface area contributed by atoms with Crippen molar-refractivity contribution in [3.63, 3.8) is 0 Å². The largest absolute Gasteiger partial charge is 0.476 e. The fourth-order valence-corrected chi connectivity index (χ4v) is 2.71. The first-order chi connectivity index (χ1) is 9.70. The molecule has 0 aromatic carbocycles. The number of carboxylic acids is 1. The quantitative estimate of drug-likeness (QED) is 0.922. The minimum atomic E-state index is -0.951. The van der Waals surface area contributed by atoms with Crippen LogP contribution in [0.25, 0.3) is 5.65 Å². The number of aromatic nitrogens is 2. The summed E-state index contributed by atoms with van der Waals surface area (Å²) in [4.78, 5) is 18.1. The standard InChI is InChI=1S/C14H17N3O3/c1-20-10-5-8-16(9-6-10)13-12(14(18)19)17-7-3-2-4-11(17)15-13/h2-4,7,10H,5-6,8-9H2,1H3,(H,18,19). The van der Waals surface area contributed by atoms with Crippen LogP contribution in [0.5, 0.6) is 0 Å². The van der Waals surface area contributed by atoms with Gasteiger partial charge in [0, 0.05) is 26.4 Å². The Labute approximate surface area is 116 Å². The van der Waals surface area contributed by atoms with Gasteiger partial charge < -0.3 is 14.7 Å². The Hall–Kier alpha value is -2.08. The fraction of sp³-hybridized carbons (Fsp3) is 0.429. The highest BCUT2D eigenvalue weighted by Crippen LogP contribution is 2.25. The van der Waals surface area contributed by atoms with E-state index in [4.69, 9.17) is 4.74 Å². The van der Waals surface area contributed by atoms with Gasteiger partial charge in [-0.05, 0) is 25.0 Å². The maximum Gasteiger partial charge on any atom is 0.356 e. The van der Waals surface area contributed by atoms with Crippen LogP contribution in [-0.4, -0.2) is 46.8 Å². The molecule has 0 bridgehead atoms. The summed E-state index contributed by atoms with van der Waals surface area (Å²) in [5.74, 6) is -0.397. The molecule has 2 aromatic rings. The molecule has 0 radical (unpaired) electrons. The first-order valence-corrected chi connectivity index (χ1v) is 6.69. The van der Waals surface area contributed by atoms with E-state index in [-0.39, 0.29) is 11.8 Å². The van der Waals surface area contributed by atoms with E-state index < -0.39 is 5.97 Å². The van der Waals surface area contributed by atoms with E-state index in [1.165, 1.54) is 0 Å². The van der Waals surface area contributed by atoms with Gasteiger partial charge in [0.1, 0.15) is 5.65 Å². The molecule has 0 unspecified atom stereocenters. The maximum atomic E-state index is 11.5. The number of ether oxygens (including phenoxy) is 1. The molecule has 6 nitrogen and oxygen atoms in total. The number of aromatic carboxylic acids is 1. The molecule has 1 fully saturated rings. The monoisotopic (exact) mass is 275 g/mol. The van der Waals surface area contributed by atoms with Crippen LogP contribution in [0.15, 0.2) is 24.4 Å². The lowest BCUT2D eigenvalue weighted by Crippen LogP contribution is -2.37. The number of carboxylic acid groups (broad SMARTS) is 1. The smallest absolute Gasteiger partial charge is 0.356 e. The first-order valence-electron chi connectivity index (χ1n) is 6.69. The molecule has 0 spiro atoms. The SMILES string of the molecule is COC1CCN(c2nc3ccccn3c2C(=O)O)CC1. The van der Waals surface area contributed by atoms with E-state index in [1.807, 2.05) is 23.1 Å². The van der Waals surface area contributed by atoms with E-state index in [9.17, 15) is 9.90 Å². The number of pyridine rings is 1. The van der Waals surface area contributed by atoms with Gasteiger partial charge in [0.15, 0.2) is 11.5 Å². The Kier molecular flexibility index (Phi) is 3.31. The molecule has 0 aliphatic carbocycles. The number of methoxy groups -OCH3 is 1. The van der Waals surface area contributed by atoms with E-state index in [2.05, 4.69) is 4.98 Å². The lowest BCUT2D eigenvalue weighted by molar-refractivity contribution is 0.0689. The molecule has 1 N–H and O–H groups in total. The van der Waals surface area contributed by atoms with Crippen LogP contribution in [-0.2, 0) is 4.74 Å². The number of anilines is 1. The molecule has 20 heavy (non-hydrogen) atoms. The number of carbonyl (C=O) groups is 1. The van der Waals surface area contributed by atoms with Gasteiger partial charge in [0.2, 0.25) is 0 Å². The third kappa shape index (κ3) is 2.12. The van der Waals surface area contributed by atoms with Crippen molar-refractivity contribution in [1.82, 2.24) is 9.38 Å². The normalized spacial score (nSPS) is 16.8. The Balaban J connectivity index is 1.99. The molecular formula is C14H17N3O3. The molecule has 0 atom stereocenters. The van der Waals surface area contributed by atoms with Crippen molar-refractivity contribution < 1.29 is 14.6 Å². The Bertz CT molecular complexity index is 630. The molecule has 1 aliphatic heterocycles. The molecule has 1 saturated heterocycles. The average molecular weight is 275 g/mol. The zero-order valence-electron chi connectivity index (χ0n) is 11.3. The summed E-state index contributed by atoms with van der Waals surface area (Å²) in [5.41, 5.74) is 0.894. The maximum absolute atomic E-state index is 11.5. The summed E-state index contributed by atoms with van der Waals surface area (Å²) < 4.78 is 6.97. The lowest BCUT2D eigenvalue weighted by Gasteiger charge is -2.31. The zero-order chi connectivity index (χ0) is 14.1. The van der Waals surface area contributed by atoms with Gasteiger partial charge >= 0.3 is 5.97 Å². The van der Waals surface area contributed by atoms with E-state index >= 15 is 0 Å². The highest BCUT2D eigenvalue weighted by molar-refractivity contribution is 5.93. The topological polar surface area (TPSA) is 67.1 Å². The van der Waals surface area contributed by atoms with Crippen molar-refractivity contribution >= 4 is 17.4 Å². The van der Waals surface area contributed by atoms with E-state index in [0.29, 0.717) is 11.5 Å². The zero-order valence-corrected chi connectivity index (χ0v) is 11.3. The second-order valence-electron chi connectivity index (χ2n) is 4.94. The summed E-state index contributed by atoms with van der Waals surface area (Å²) in [6.45, 7) is 1.53. The predicted molar refractivity (Wildman–Crippen MR) is 74.4 cm³/mol.